The van der Waals surface area contributed by atoms with E-state index in [1.54, 1.807) is 13.0 Å². The van der Waals surface area contributed by atoms with Crippen molar-refractivity contribution in [3.63, 3.8) is 0 Å². The largest absolute Gasteiger partial charge is 0.492 e. The molecule has 0 unspecified atom stereocenters. The number of benzene rings is 2. The highest BCUT2D eigenvalue weighted by atomic mass is 35.5. The first-order valence-electron chi connectivity index (χ1n) is 7.54. The summed E-state index contributed by atoms with van der Waals surface area (Å²) in [6.45, 7) is 4.18. The van der Waals surface area contributed by atoms with Crippen molar-refractivity contribution >= 4 is 17.5 Å². The SMILES string of the molecule is Cc1ccc(OCCNC(=O)[C@@H](C)Oc2ccc(F)cc2)cc1Cl. The van der Waals surface area contributed by atoms with Crippen LogP contribution in [-0.4, -0.2) is 25.2 Å². The molecule has 1 N–H and O–H groups in total. The van der Waals surface area contributed by atoms with Crippen LogP contribution in [-0.2, 0) is 4.79 Å². The Bertz CT molecular complexity index is 691. The van der Waals surface area contributed by atoms with Crippen LogP contribution >= 0.6 is 11.6 Å². The van der Waals surface area contributed by atoms with Crippen molar-refractivity contribution in [3.8, 4) is 11.5 Å². The van der Waals surface area contributed by atoms with Gasteiger partial charge >= 0.3 is 0 Å². The van der Waals surface area contributed by atoms with E-state index in [0.29, 0.717) is 29.7 Å². The normalized spacial score (nSPS) is 11.7. The van der Waals surface area contributed by atoms with Crippen molar-refractivity contribution < 1.29 is 18.7 Å². The smallest absolute Gasteiger partial charge is 0.260 e. The molecule has 4 nitrogen and oxygen atoms in total. The van der Waals surface area contributed by atoms with Crippen LogP contribution in [0, 0.1) is 12.7 Å². The molecule has 0 aliphatic rings. The average Bonchev–Trinajstić information content (AvgIpc) is 2.56. The highest BCUT2D eigenvalue weighted by Crippen LogP contribution is 2.21. The number of carbonyl (C=O) groups is 1. The molecule has 1 atom stereocenters. The number of carbonyl (C=O) groups excluding carboxylic acids is 1. The third-order valence-corrected chi connectivity index (χ3v) is 3.72. The van der Waals surface area contributed by atoms with Gasteiger partial charge in [0.1, 0.15) is 23.9 Å². The van der Waals surface area contributed by atoms with Gasteiger partial charge in [0.2, 0.25) is 0 Å². The lowest BCUT2D eigenvalue weighted by Crippen LogP contribution is -2.38. The fourth-order valence-electron chi connectivity index (χ4n) is 1.92. The molecule has 0 aromatic heterocycles. The standard InChI is InChI=1S/C18H19ClFNO3/c1-12-3-6-16(11-17(12)19)23-10-9-21-18(22)13(2)24-15-7-4-14(20)5-8-15/h3-8,11,13H,9-10H2,1-2H3,(H,21,22)/t13-/m1/s1. The summed E-state index contributed by atoms with van der Waals surface area (Å²) in [4.78, 5) is 11.9. The molecule has 1 amide bonds. The summed E-state index contributed by atoms with van der Waals surface area (Å²) >= 11 is 6.02. The molecule has 128 valence electrons. The number of hydrogen-bond acceptors (Lipinski definition) is 3. The van der Waals surface area contributed by atoms with Crippen LogP contribution in [0.4, 0.5) is 4.39 Å². The molecular weight excluding hydrogens is 333 g/mol. The third-order valence-electron chi connectivity index (χ3n) is 3.31. The molecule has 0 aliphatic carbocycles. The van der Waals surface area contributed by atoms with E-state index in [-0.39, 0.29) is 11.7 Å². The van der Waals surface area contributed by atoms with Crippen LogP contribution in [0.2, 0.25) is 5.02 Å². The number of hydrogen-bond donors (Lipinski definition) is 1. The van der Waals surface area contributed by atoms with E-state index in [1.165, 1.54) is 24.3 Å². The number of amides is 1. The van der Waals surface area contributed by atoms with Crippen LogP contribution in [0.1, 0.15) is 12.5 Å². The van der Waals surface area contributed by atoms with E-state index >= 15 is 0 Å². The first-order chi connectivity index (χ1) is 11.5. The first-order valence-corrected chi connectivity index (χ1v) is 7.92. The molecule has 2 aromatic carbocycles. The summed E-state index contributed by atoms with van der Waals surface area (Å²) in [7, 11) is 0. The monoisotopic (exact) mass is 351 g/mol. The Morgan fingerprint density at radius 3 is 2.54 bits per heavy atom. The fraction of sp³-hybridized carbons (Fsp3) is 0.278. The van der Waals surface area contributed by atoms with E-state index in [0.717, 1.165) is 5.56 Å². The second-order valence-corrected chi connectivity index (χ2v) is 5.67. The molecule has 2 aromatic rings. The lowest BCUT2D eigenvalue weighted by atomic mass is 10.2. The highest BCUT2D eigenvalue weighted by Gasteiger charge is 2.14. The third kappa shape index (κ3) is 5.42. The van der Waals surface area contributed by atoms with Crippen molar-refractivity contribution in [2.45, 2.75) is 20.0 Å². The van der Waals surface area contributed by atoms with Gasteiger partial charge in [-0.1, -0.05) is 17.7 Å². The highest BCUT2D eigenvalue weighted by molar-refractivity contribution is 6.31. The number of nitrogens with one attached hydrogen (secondary N) is 1. The molecule has 0 radical (unpaired) electrons. The topological polar surface area (TPSA) is 47.6 Å². The van der Waals surface area contributed by atoms with Crippen molar-refractivity contribution in [3.05, 3.63) is 58.9 Å². The Kier molecular flexibility index (Phi) is 6.44. The molecule has 2 rings (SSSR count). The molecule has 6 heteroatoms. The van der Waals surface area contributed by atoms with Gasteiger partial charge in [-0.05, 0) is 55.8 Å². The Labute approximate surface area is 145 Å². The Morgan fingerprint density at radius 1 is 1.21 bits per heavy atom. The summed E-state index contributed by atoms with van der Waals surface area (Å²) in [5.41, 5.74) is 0.976. The fourth-order valence-corrected chi connectivity index (χ4v) is 2.09. The van der Waals surface area contributed by atoms with Gasteiger partial charge in [0.25, 0.3) is 5.91 Å². The van der Waals surface area contributed by atoms with Gasteiger partial charge in [0.05, 0.1) is 6.54 Å². The second kappa shape index (κ2) is 8.55. The number of rotatable bonds is 7. The molecule has 0 spiro atoms. The lowest BCUT2D eigenvalue weighted by molar-refractivity contribution is -0.127. The number of aryl methyl sites for hydroxylation is 1. The molecule has 0 saturated heterocycles. The Hall–Kier alpha value is -2.27. The van der Waals surface area contributed by atoms with Gasteiger partial charge in [-0.3, -0.25) is 4.79 Å². The van der Waals surface area contributed by atoms with E-state index in [1.807, 2.05) is 19.1 Å². The summed E-state index contributed by atoms with van der Waals surface area (Å²) in [5.74, 6) is 0.456. The van der Waals surface area contributed by atoms with Crippen molar-refractivity contribution in [1.29, 1.82) is 0 Å². The molecule has 24 heavy (non-hydrogen) atoms. The van der Waals surface area contributed by atoms with Crippen LogP contribution in [0.5, 0.6) is 11.5 Å². The first kappa shape index (κ1) is 18.1. The van der Waals surface area contributed by atoms with Crippen LogP contribution in [0.15, 0.2) is 42.5 Å². The zero-order chi connectivity index (χ0) is 17.5. The second-order valence-electron chi connectivity index (χ2n) is 5.26. The van der Waals surface area contributed by atoms with E-state index < -0.39 is 6.10 Å². The summed E-state index contributed by atoms with van der Waals surface area (Å²) < 4.78 is 23.8. The maximum absolute atomic E-state index is 12.8. The van der Waals surface area contributed by atoms with E-state index in [9.17, 15) is 9.18 Å². The van der Waals surface area contributed by atoms with Crippen LogP contribution in [0.3, 0.4) is 0 Å². The van der Waals surface area contributed by atoms with Crippen molar-refractivity contribution in [2.75, 3.05) is 13.2 Å². The Morgan fingerprint density at radius 2 is 1.88 bits per heavy atom. The van der Waals surface area contributed by atoms with Gasteiger partial charge in [-0.15, -0.1) is 0 Å². The summed E-state index contributed by atoms with van der Waals surface area (Å²) in [6.07, 6.45) is -0.690. The predicted octanol–water partition coefficient (Wildman–Crippen LogP) is 3.75. The van der Waals surface area contributed by atoms with Gasteiger partial charge in [0, 0.05) is 5.02 Å². The molecule has 0 fully saturated rings. The zero-order valence-electron chi connectivity index (χ0n) is 13.5. The lowest BCUT2D eigenvalue weighted by Gasteiger charge is -2.15. The number of ether oxygens (including phenoxy) is 2. The van der Waals surface area contributed by atoms with Crippen LogP contribution < -0.4 is 14.8 Å². The van der Waals surface area contributed by atoms with Crippen molar-refractivity contribution in [1.82, 2.24) is 5.32 Å². The van der Waals surface area contributed by atoms with Gasteiger partial charge < -0.3 is 14.8 Å². The minimum Gasteiger partial charge on any atom is -0.492 e. The van der Waals surface area contributed by atoms with E-state index in [2.05, 4.69) is 5.32 Å². The molecule has 0 bridgehead atoms. The Balaban J connectivity index is 1.72. The molecular formula is C18H19ClFNO3. The molecule has 0 heterocycles. The zero-order valence-corrected chi connectivity index (χ0v) is 14.3. The maximum atomic E-state index is 12.8. The van der Waals surface area contributed by atoms with Crippen LogP contribution in [0.25, 0.3) is 0 Å². The summed E-state index contributed by atoms with van der Waals surface area (Å²) in [5, 5.41) is 3.35. The maximum Gasteiger partial charge on any atom is 0.260 e. The minimum atomic E-state index is -0.690. The summed E-state index contributed by atoms with van der Waals surface area (Å²) in [6, 6.07) is 10.9. The van der Waals surface area contributed by atoms with Gasteiger partial charge in [-0.25, -0.2) is 4.39 Å². The quantitative estimate of drug-likeness (QED) is 0.773. The number of halogens is 2. The van der Waals surface area contributed by atoms with Crippen molar-refractivity contribution in [2.24, 2.45) is 0 Å². The predicted molar refractivity (Wildman–Crippen MR) is 91.2 cm³/mol. The molecule has 0 aliphatic heterocycles. The minimum absolute atomic E-state index is 0.273. The van der Waals surface area contributed by atoms with E-state index in [4.69, 9.17) is 21.1 Å². The average molecular weight is 352 g/mol. The van der Waals surface area contributed by atoms with Gasteiger partial charge in [-0.2, -0.15) is 0 Å². The van der Waals surface area contributed by atoms with Gasteiger partial charge in [0.15, 0.2) is 6.10 Å². The molecule has 0 saturated carbocycles.